The molecule has 2 aromatic carbocycles. The molecule has 118 valence electrons. The van der Waals surface area contributed by atoms with Gasteiger partial charge in [0, 0.05) is 13.1 Å². The van der Waals surface area contributed by atoms with Gasteiger partial charge in [-0.05, 0) is 35.2 Å². The van der Waals surface area contributed by atoms with E-state index in [2.05, 4.69) is 6.07 Å². The third kappa shape index (κ3) is 2.89. The highest BCUT2D eigenvalue weighted by atomic mass is 16.6. The van der Waals surface area contributed by atoms with E-state index in [1.165, 1.54) is 11.1 Å². The largest absolute Gasteiger partial charge is 0.486 e. The summed E-state index contributed by atoms with van der Waals surface area (Å²) in [7, 11) is 0. The van der Waals surface area contributed by atoms with Gasteiger partial charge in [0.15, 0.2) is 11.5 Å². The predicted octanol–water partition coefficient (Wildman–Crippen LogP) is 2.59. The third-order valence-corrected chi connectivity index (χ3v) is 4.43. The van der Waals surface area contributed by atoms with Gasteiger partial charge in [-0.15, -0.1) is 0 Å². The van der Waals surface area contributed by atoms with Crippen molar-refractivity contribution in [3.63, 3.8) is 0 Å². The molecule has 2 aliphatic rings. The Hall–Kier alpha value is -2.49. The molecule has 0 fully saturated rings. The first kappa shape index (κ1) is 14.1. The summed E-state index contributed by atoms with van der Waals surface area (Å²) in [6, 6.07) is 14.0. The van der Waals surface area contributed by atoms with Gasteiger partial charge < -0.3 is 14.4 Å². The van der Waals surface area contributed by atoms with Crippen LogP contribution in [0.2, 0.25) is 0 Å². The molecule has 0 N–H and O–H groups in total. The number of carbonyl (C=O) groups is 1. The molecule has 0 aliphatic carbocycles. The lowest BCUT2D eigenvalue weighted by Gasteiger charge is -2.30. The first-order valence-corrected chi connectivity index (χ1v) is 8.03. The molecule has 0 aromatic heterocycles. The third-order valence-electron chi connectivity index (χ3n) is 4.43. The lowest BCUT2D eigenvalue weighted by Crippen LogP contribution is -2.37. The van der Waals surface area contributed by atoms with Crippen molar-refractivity contribution in [1.29, 1.82) is 0 Å². The molecule has 4 heteroatoms. The van der Waals surface area contributed by atoms with E-state index in [0.29, 0.717) is 26.2 Å². The van der Waals surface area contributed by atoms with Gasteiger partial charge >= 0.3 is 0 Å². The maximum absolute atomic E-state index is 12.5. The maximum Gasteiger partial charge on any atom is 0.227 e. The second-order valence-corrected chi connectivity index (χ2v) is 5.99. The Morgan fingerprint density at radius 2 is 1.70 bits per heavy atom. The normalized spacial score (nSPS) is 15.9. The topological polar surface area (TPSA) is 38.8 Å². The van der Waals surface area contributed by atoms with E-state index < -0.39 is 0 Å². The molecule has 2 heterocycles. The Bertz CT molecular complexity index is 727. The Labute approximate surface area is 135 Å². The molecule has 4 nitrogen and oxygen atoms in total. The molecule has 0 unspecified atom stereocenters. The van der Waals surface area contributed by atoms with Gasteiger partial charge in [0.1, 0.15) is 13.2 Å². The summed E-state index contributed by atoms with van der Waals surface area (Å²) in [6.07, 6.45) is 1.33. The monoisotopic (exact) mass is 309 g/mol. The zero-order valence-electron chi connectivity index (χ0n) is 13.0. The van der Waals surface area contributed by atoms with Crippen LogP contribution < -0.4 is 9.47 Å². The SMILES string of the molecule is O=C(Cc1ccccc1)N1CCc2cc3c(cc2C1)OCCO3. The van der Waals surface area contributed by atoms with E-state index in [4.69, 9.17) is 9.47 Å². The van der Waals surface area contributed by atoms with Crippen molar-refractivity contribution in [2.24, 2.45) is 0 Å². The van der Waals surface area contributed by atoms with Gasteiger partial charge in [0.2, 0.25) is 5.91 Å². The van der Waals surface area contributed by atoms with Crippen LogP contribution in [0.5, 0.6) is 11.5 Å². The number of hydrogen-bond donors (Lipinski definition) is 0. The van der Waals surface area contributed by atoms with Crippen molar-refractivity contribution in [3.8, 4) is 11.5 Å². The van der Waals surface area contributed by atoms with E-state index in [-0.39, 0.29) is 5.91 Å². The van der Waals surface area contributed by atoms with Crippen LogP contribution in [0.3, 0.4) is 0 Å². The van der Waals surface area contributed by atoms with Crippen molar-refractivity contribution in [2.45, 2.75) is 19.4 Å². The molecule has 0 bridgehead atoms. The number of hydrogen-bond acceptors (Lipinski definition) is 3. The van der Waals surface area contributed by atoms with Crippen LogP contribution in [0.4, 0.5) is 0 Å². The predicted molar refractivity (Wildman–Crippen MR) is 86.7 cm³/mol. The number of benzene rings is 2. The standard InChI is InChI=1S/C19H19NO3/c21-19(10-14-4-2-1-3-5-14)20-7-6-15-11-17-18(12-16(15)13-20)23-9-8-22-17/h1-5,11-12H,6-10,13H2. The van der Waals surface area contributed by atoms with E-state index >= 15 is 0 Å². The fourth-order valence-electron chi connectivity index (χ4n) is 3.19. The summed E-state index contributed by atoms with van der Waals surface area (Å²) < 4.78 is 11.3. The number of nitrogens with zero attached hydrogens (tertiary/aromatic N) is 1. The second kappa shape index (κ2) is 5.95. The summed E-state index contributed by atoms with van der Waals surface area (Å²) in [5, 5.41) is 0. The first-order chi connectivity index (χ1) is 11.3. The zero-order chi connectivity index (χ0) is 15.6. The average Bonchev–Trinajstić information content (AvgIpc) is 2.60. The van der Waals surface area contributed by atoms with E-state index in [1.807, 2.05) is 41.3 Å². The summed E-state index contributed by atoms with van der Waals surface area (Å²) in [6.45, 7) is 2.60. The molecule has 4 rings (SSSR count). The fraction of sp³-hybridized carbons (Fsp3) is 0.316. The molecular weight excluding hydrogens is 290 g/mol. The average molecular weight is 309 g/mol. The summed E-state index contributed by atoms with van der Waals surface area (Å²) in [4.78, 5) is 14.5. The van der Waals surface area contributed by atoms with Crippen LogP contribution in [0.1, 0.15) is 16.7 Å². The van der Waals surface area contributed by atoms with Gasteiger partial charge in [-0.2, -0.15) is 0 Å². The van der Waals surface area contributed by atoms with E-state index in [0.717, 1.165) is 30.0 Å². The van der Waals surface area contributed by atoms with E-state index in [1.54, 1.807) is 0 Å². The van der Waals surface area contributed by atoms with Gasteiger partial charge in [0.05, 0.1) is 6.42 Å². The maximum atomic E-state index is 12.5. The number of fused-ring (bicyclic) bond motifs is 2. The quantitative estimate of drug-likeness (QED) is 0.856. The Morgan fingerprint density at radius 1 is 1.00 bits per heavy atom. The Balaban J connectivity index is 1.51. The molecule has 0 saturated heterocycles. The Kier molecular flexibility index (Phi) is 3.66. The number of carbonyl (C=O) groups excluding carboxylic acids is 1. The number of amides is 1. The molecule has 1 amide bonds. The summed E-state index contributed by atoms with van der Waals surface area (Å²) >= 11 is 0. The molecular formula is C19H19NO3. The van der Waals surface area contributed by atoms with Crippen LogP contribution in [0, 0.1) is 0 Å². The number of rotatable bonds is 2. The van der Waals surface area contributed by atoms with Crippen LogP contribution in [0.15, 0.2) is 42.5 Å². The van der Waals surface area contributed by atoms with Crippen molar-refractivity contribution < 1.29 is 14.3 Å². The van der Waals surface area contributed by atoms with Crippen LogP contribution in [-0.2, 0) is 24.2 Å². The smallest absolute Gasteiger partial charge is 0.227 e. The minimum Gasteiger partial charge on any atom is -0.486 e. The van der Waals surface area contributed by atoms with Crippen molar-refractivity contribution in [3.05, 3.63) is 59.2 Å². The van der Waals surface area contributed by atoms with Crippen molar-refractivity contribution in [1.82, 2.24) is 4.90 Å². The van der Waals surface area contributed by atoms with Crippen LogP contribution in [0.25, 0.3) is 0 Å². The lowest BCUT2D eigenvalue weighted by molar-refractivity contribution is -0.131. The molecule has 0 atom stereocenters. The van der Waals surface area contributed by atoms with Gasteiger partial charge in [0.25, 0.3) is 0 Å². The molecule has 2 aromatic rings. The molecule has 23 heavy (non-hydrogen) atoms. The van der Waals surface area contributed by atoms with E-state index in [9.17, 15) is 4.79 Å². The van der Waals surface area contributed by atoms with Gasteiger partial charge in [-0.25, -0.2) is 0 Å². The van der Waals surface area contributed by atoms with Gasteiger partial charge in [-0.1, -0.05) is 30.3 Å². The van der Waals surface area contributed by atoms with Crippen molar-refractivity contribution in [2.75, 3.05) is 19.8 Å². The van der Waals surface area contributed by atoms with Gasteiger partial charge in [-0.3, -0.25) is 4.79 Å². The zero-order valence-corrected chi connectivity index (χ0v) is 13.0. The highest BCUT2D eigenvalue weighted by Gasteiger charge is 2.24. The fourth-order valence-corrected chi connectivity index (χ4v) is 3.19. The molecule has 0 radical (unpaired) electrons. The Morgan fingerprint density at radius 3 is 2.43 bits per heavy atom. The second-order valence-electron chi connectivity index (χ2n) is 5.99. The summed E-state index contributed by atoms with van der Waals surface area (Å²) in [5.41, 5.74) is 3.49. The van der Waals surface area contributed by atoms with Crippen molar-refractivity contribution >= 4 is 5.91 Å². The number of ether oxygens (including phenoxy) is 2. The highest BCUT2D eigenvalue weighted by molar-refractivity contribution is 5.79. The first-order valence-electron chi connectivity index (χ1n) is 8.03. The molecule has 0 saturated carbocycles. The summed E-state index contributed by atoms with van der Waals surface area (Å²) in [5.74, 6) is 1.81. The highest BCUT2D eigenvalue weighted by Crippen LogP contribution is 2.35. The van der Waals surface area contributed by atoms with Crippen LogP contribution in [-0.4, -0.2) is 30.6 Å². The minimum atomic E-state index is 0.178. The minimum absolute atomic E-state index is 0.178. The lowest BCUT2D eigenvalue weighted by atomic mass is 9.98. The molecule has 0 spiro atoms. The molecule has 2 aliphatic heterocycles. The van der Waals surface area contributed by atoms with Crippen LogP contribution >= 0.6 is 0 Å².